The molecule has 0 aromatic carbocycles. The van der Waals surface area contributed by atoms with Gasteiger partial charge < -0.3 is 20.1 Å². The first-order chi connectivity index (χ1) is 16.1. The topological polar surface area (TPSA) is 78.4 Å². The number of nitrogens with zero attached hydrogens (tertiary/aromatic N) is 4. The number of alkyl halides is 3. The summed E-state index contributed by atoms with van der Waals surface area (Å²) in [6.07, 6.45) is -0.126. The lowest BCUT2D eigenvalue weighted by atomic mass is 10.0. The second-order valence-electron chi connectivity index (χ2n) is 10.1. The lowest BCUT2D eigenvalue weighted by Gasteiger charge is -2.34. The highest BCUT2D eigenvalue weighted by Gasteiger charge is 2.58. The first-order valence-corrected chi connectivity index (χ1v) is 12.0. The Kier molecular flexibility index (Phi) is 6.00. The number of fused-ring (bicyclic) bond motifs is 1. The molecule has 1 saturated heterocycles. The molecule has 3 aliphatic rings. The fourth-order valence-corrected chi connectivity index (χ4v) is 5.68. The SMILES string of the molecule is CCC(C)n1nc(-c2cnc(N)c(OC(F)(F)F)c2)cc1C1C2CC(N(C)CC3COC3)CC21. The third-order valence-corrected chi connectivity index (χ3v) is 7.81. The summed E-state index contributed by atoms with van der Waals surface area (Å²) in [6.45, 7) is 7.07. The van der Waals surface area contributed by atoms with Crippen molar-refractivity contribution < 1.29 is 22.6 Å². The van der Waals surface area contributed by atoms with Gasteiger partial charge in [-0.1, -0.05) is 6.92 Å². The van der Waals surface area contributed by atoms with Crippen LogP contribution in [0.15, 0.2) is 18.3 Å². The molecule has 2 aliphatic carbocycles. The van der Waals surface area contributed by atoms with Crippen LogP contribution in [-0.2, 0) is 4.74 Å². The quantitative estimate of drug-likeness (QED) is 0.602. The van der Waals surface area contributed by atoms with Crippen molar-refractivity contribution in [2.45, 2.75) is 57.5 Å². The average molecular weight is 480 g/mol. The Hall–Kier alpha value is -2.33. The molecule has 3 fully saturated rings. The summed E-state index contributed by atoms with van der Waals surface area (Å²) >= 11 is 0. The van der Waals surface area contributed by atoms with E-state index in [9.17, 15) is 13.2 Å². The molecule has 3 heterocycles. The van der Waals surface area contributed by atoms with Gasteiger partial charge in [0, 0.05) is 47.9 Å². The lowest BCUT2D eigenvalue weighted by Crippen LogP contribution is -2.42. The molecule has 0 amide bonds. The van der Waals surface area contributed by atoms with Crippen molar-refractivity contribution in [3.63, 3.8) is 0 Å². The van der Waals surface area contributed by atoms with Crippen molar-refractivity contribution in [2.75, 3.05) is 32.5 Å². The second kappa shape index (κ2) is 8.71. The maximum Gasteiger partial charge on any atom is 0.573 e. The number of rotatable bonds is 8. The molecule has 2 saturated carbocycles. The van der Waals surface area contributed by atoms with Crippen molar-refractivity contribution in [3.8, 4) is 17.0 Å². The van der Waals surface area contributed by atoms with Crippen LogP contribution in [0.1, 0.15) is 50.8 Å². The van der Waals surface area contributed by atoms with Crippen LogP contribution in [0.4, 0.5) is 19.0 Å². The van der Waals surface area contributed by atoms with Crippen LogP contribution in [0.2, 0.25) is 0 Å². The first kappa shape index (κ1) is 23.4. The molecule has 3 atom stereocenters. The number of anilines is 1. The summed E-state index contributed by atoms with van der Waals surface area (Å²) in [4.78, 5) is 6.41. The standard InChI is InChI=1S/C24H32F3N5O2/c1-4-13(2)32-20(22-17-6-16(7-18(17)22)31(3)10-14-11-33-12-14)8-19(30-32)15-5-21(23(28)29-9-15)34-24(25,26)27/h5,8-9,13-14,16-18,22H,4,6-7,10-12H2,1-3H3,(H2,28,29). The Morgan fingerprint density at radius 1 is 1.26 bits per heavy atom. The van der Waals surface area contributed by atoms with Crippen LogP contribution in [-0.4, -0.2) is 58.9 Å². The average Bonchev–Trinajstić information content (AvgIpc) is 3.10. The van der Waals surface area contributed by atoms with E-state index >= 15 is 0 Å². The summed E-state index contributed by atoms with van der Waals surface area (Å²) in [6, 6.07) is 4.08. The van der Waals surface area contributed by atoms with Crippen LogP contribution in [0.3, 0.4) is 0 Å². The van der Waals surface area contributed by atoms with E-state index in [1.165, 1.54) is 30.8 Å². The lowest BCUT2D eigenvalue weighted by molar-refractivity contribution is -0.274. The summed E-state index contributed by atoms with van der Waals surface area (Å²) in [5.41, 5.74) is 7.83. The number of halogens is 3. The summed E-state index contributed by atoms with van der Waals surface area (Å²) < 4.78 is 49.7. The fourth-order valence-electron chi connectivity index (χ4n) is 5.68. The highest BCUT2D eigenvalue weighted by atomic mass is 19.4. The van der Waals surface area contributed by atoms with E-state index in [0.717, 1.165) is 26.2 Å². The number of pyridine rings is 1. The molecule has 5 rings (SSSR count). The number of nitrogens with two attached hydrogens (primary N) is 1. The van der Waals surface area contributed by atoms with Gasteiger partial charge in [0.05, 0.1) is 18.9 Å². The van der Waals surface area contributed by atoms with Gasteiger partial charge in [-0.3, -0.25) is 4.68 Å². The fraction of sp³-hybridized carbons (Fsp3) is 0.667. The summed E-state index contributed by atoms with van der Waals surface area (Å²) in [7, 11) is 2.22. The van der Waals surface area contributed by atoms with E-state index < -0.39 is 12.1 Å². The largest absolute Gasteiger partial charge is 0.573 e. The van der Waals surface area contributed by atoms with Gasteiger partial charge in [-0.25, -0.2) is 4.98 Å². The van der Waals surface area contributed by atoms with Gasteiger partial charge in [-0.05, 0) is 57.2 Å². The van der Waals surface area contributed by atoms with E-state index in [1.807, 2.05) is 6.07 Å². The summed E-state index contributed by atoms with van der Waals surface area (Å²) in [5.74, 6) is 1.56. The van der Waals surface area contributed by atoms with E-state index in [1.54, 1.807) is 0 Å². The minimum absolute atomic E-state index is 0.190. The van der Waals surface area contributed by atoms with Crippen molar-refractivity contribution in [2.24, 2.45) is 17.8 Å². The molecule has 2 N–H and O–H groups in total. The molecular formula is C24H32F3N5O2. The predicted molar refractivity (Wildman–Crippen MR) is 121 cm³/mol. The molecule has 0 radical (unpaired) electrons. The van der Waals surface area contributed by atoms with Gasteiger partial charge in [0.2, 0.25) is 0 Å². The zero-order valence-corrected chi connectivity index (χ0v) is 19.8. The van der Waals surface area contributed by atoms with Crippen molar-refractivity contribution >= 4 is 5.82 Å². The molecular weight excluding hydrogens is 447 g/mol. The molecule has 186 valence electrons. The Balaban J connectivity index is 1.35. The first-order valence-electron chi connectivity index (χ1n) is 12.0. The molecule has 3 unspecified atom stereocenters. The van der Waals surface area contributed by atoms with Gasteiger partial charge in [0.1, 0.15) is 0 Å². The Morgan fingerprint density at radius 3 is 2.56 bits per heavy atom. The highest BCUT2D eigenvalue weighted by Crippen LogP contribution is 2.64. The highest BCUT2D eigenvalue weighted by molar-refractivity contribution is 5.64. The molecule has 1 aliphatic heterocycles. The van der Waals surface area contributed by atoms with E-state index in [0.29, 0.717) is 41.0 Å². The maximum atomic E-state index is 12.8. The van der Waals surface area contributed by atoms with Crippen LogP contribution < -0.4 is 10.5 Å². The number of aromatic nitrogens is 3. The third-order valence-electron chi connectivity index (χ3n) is 7.81. The van der Waals surface area contributed by atoms with Crippen LogP contribution >= 0.6 is 0 Å². The smallest absolute Gasteiger partial charge is 0.402 e. The van der Waals surface area contributed by atoms with Crippen LogP contribution in [0.25, 0.3) is 11.3 Å². The molecule has 2 aromatic rings. The van der Waals surface area contributed by atoms with Crippen LogP contribution in [0.5, 0.6) is 5.75 Å². The molecule has 0 bridgehead atoms. The number of hydrogen-bond acceptors (Lipinski definition) is 6. The summed E-state index contributed by atoms with van der Waals surface area (Å²) in [5, 5.41) is 4.79. The zero-order valence-electron chi connectivity index (χ0n) is 19.8. The van der Waals surface area contributed by atoms with Gasteiger partial charge in [-0.2, -0.15) is 5.10 Å². The van der Waals surface area contributed by atoms with E-state index in [4.69, 9.17) is 15.6 Å². The van der Waals surface area contributed by atoms with E-state index in [2.05, 4.69) is 40.2 Å². The normalized spacial score (nSPS) is 27.5. The second-order valence-corrected chi connectivity index (χ2v) is 10.1. The Labute approximate surface area is 197 Å². The Morgan fingerprint density at radius 2 is 1.97 bits per heavy atom. The van der Waals surface area contributed by atoms with Gasteiger partial charge in [0.15, 0.2) is 11.6 Å². The molecule has 7 nitrogen and oxygen atoms in total. The molecule has 34 heavy (non-hydrogen) atoms. The van der Waals surface area contributed by atoms with Crippen molar-refractivity contribution in [1.29, 1.82) is 0 Å². The van der Waals surface area contributed by atoms with Gasteiger partial charge in [-0.15, -0.1) is 13.2 Å². The zero-order chi connectivity index (χ0) is 24.2. The third kappa shape index (κ3) is 4.49. The molecule has 2 aromatic heterocycles. The minimum atomic E-state index is -4.84. The van der Waals surface area contributed by atoms with Gasteiger partial charge in [0.25, 0.3) is 0 Å². The van der Waals surface area contributed by atoms with Gasteiger partial charge >= 0.3 is 6.36 Å². The van der Waals surface area contributed by atoms with Crippen molar-refractivity contribution in [1.82, 2.24) is 19.7 Å². The number of nitrogen functional groups attached to an aromatic ring is 1. The predicted octanol–water partition coefficient (Wildman–Crippen LogP) is 4.47. The molecule has 0 spiro atoms. The van der Waals surface area contributed by atoms with Crippen LogP contribution in [0, 0.1) is 17.8 Å². The number of ether oxygens (including phenoxy) is 2. The number of hydrogen-bond donors (Lipinski definition) is 1. The van der Waals surface area contributed by atoms with Crippen molar-refractivity contribution in [3.05, 3.63) is 24.0 Å². The van der Waals surface area contributed by atoms with E-state index in [-0.39, 0.29) is 11.9 Å². The maximum absolute atomic E-state index is 12.8. The molecule has 10 heteroatoms. The Bertz CT molecular complexity index is 1030. The minimum Gasteiger partial charge on any atom is -0.402 e. The monoisotopic (exact) mass is 479 g/mol.